The Morgan fingerprint density at radius 1 is 1.41 bits per heavy atom. The summed E-state index contributed by atoms with van der Waals surface area (Å²) in [4.78, 5) is 15.6. The van der Waals surface area contributed by atoms with Crippen LogP contribution in [0.1, 0.15) is 20.9 Å². The molecule has 5 heteroatoms. The Morgan fingerprint density at radius 2 is 2.18 bits per heavy atom. The fraction of sp³-hybridized carbons (Fsp3) is 0.0833. The fourth-order valence-electron chi connectivity index (χ4n) is 1.22. The smallest absolute Gasteiger partial charge is 0.338 e. The van der Waals surface area contributed by atoms with E-state index in [4.69, 9.17) is 10.00 Å². The largest absolute Gasteiger partial charge is 0.455 e. The van der Waals surface area contributed by atoms with Crippen molar-refractivity contribution in [1.29, 1.82) is 5.26 Å². The first-order chi connectivity index (χ1) is 8.29. The van der Waals surface area contributed by atoms with E-state index in [-0.39, 0.29) is 6.61 Å². The number of carbonyl (C=O) groups is 1. The molecule has 0 saturated carbocycles. The highest BCUT2D eigenvalue weighted by molar-refractivity contribution is 7.09. The number of nitrogens with zero attached hydrogens (tertiary/aromatic N) is 2. The topological polar surface area (TPSA) is 63.0 Å². The van der Waals surface area contributed by atoms with Gasteiger partial charge in [-0.1, -0.05) is 0 Å². The Balaban J connectivity index is 1.97. The second kappa shape index (κ2) is 5.23. The van der Waals surface area contributed by atoms with Gasteiger partial charge >= 0.3 is 5.97 Å². The van der Waals surface area contributed by atoms with E-state index in [0.29, 0.717) is 11.1 Å². The van der Waals surface area contributed by atoms with E-state index in [2.05, 4.69) is 4.98 Å². The molecule has 0 amide bonds. The van der Waals surface area contributed by atoms with Gasteiger partial charge in [0.15, 0.2) is 0 Å². The maximum absolute atomic E-state index is 11.6. The Morgan fingerprint density at radius 3 is 2.76 bits per heavy atom. The van der Waals surface area contributed by atoms with Gasteiger partial charge in [0.25, 0.3) is 0 Å². The van der Waals surface area contributed by atoms with Crippen LogP contribution in [0.4, 0.5) is 0 Å². The van der Waals surface area contributed by atoms with Gasteiger partial charge in [0, 0.05) is 11.6 Å². The molecular formula is C12H8N2O2S. The maximum atomic E-state index is 11.6. The molecule has 1 aromatic heterocycles. The van der Waals surface area contributed by atoms with Crippen LogP contribution in [0, 0.1) is 11.3 Å². The second-order valence-corrected chi connectivity index (χ2v) is 4.17. The highest BCUT2D eigenvalue weighted by atomic mass is 32.1. The van der Waals surface area contributed by atoms with Crippen LogP contribution in [0.2, 0.25) is 0 Å². The minimum atomic E-state index is -0.412. The van der Waals surface area contributed by atoms with Gasteiger partial charge < -0.3 is 4.74 Å². The summed E-state index contributed by atoms with van der Waals surface area (Å²) in [6.07, 6.45) is 1.66. The van der Waals surface area contributed by atoms with Crippen molar-refractivity contribution in [2.75, 3.05) is 0 Å². The van der Waals surface area contributed by atoms with E-state index >= 15 is 0 Å². The summed E-state index contributed by atoms with van der Waals surface area (Å²) in [6, 6.07) is 8.30. The Labute approximate surface area is 102 Å². The predicted molar refractivity (Wildman–Crippen MR) is 62.4 cm³/mol. The first-order valence-corrected chi connectivity index (χ1v) is 5.73. The third-order valence-corrected chi connectivity index (χ3v) is 2.81. The molecule has 84 valence electrons. The summed E-state index contributed by atoms with van der Waals surface area (Å²) in [5.41, 5.74) is 0.946. The van der Waals surface area contributed by atoms with Crippen molar-refractivity contribution in [1.82, 2.24) is 4.98 Å². The summed E-state index contributed by atoms with van der Waals surface area (Å²) in [5.74, 6) is -0.412. The summed E-state index contributed by atoms with van der Waals surface area (Å²) in [5, 5.41) is 11.2. The molecule has 2 aromatic rings. The molecular weight excluding hydrogens is 236 g/mol. The number of nitriles is 1. The molecule has 0 unspecified atom stereocenters. The number of carbonyl (C=O) groups excluding carboxylic acids is 1. The van der Waals surface area contributed by atoms with E-state index < -0.39 is 5.97 Å². The third-order valence-electron chi connectivity index (χ3n) is 2.06. The van der Waals surface area contributed by atoms with Crippen molar-refractivity contribution in [3.05, 3.63) is 52.0 Å². The molecule has 0 aliphatic heterocycles. The standard InChI is InChI=1S/C12H8N2O2S/c13-7-9-1-3-10(4-2-9)12(15)16-8-11-14-5-6-17-11/h1-6H,8H2. The number of ether oxygens (including phenoxy) is 1. The lowest BCUT2D eigenvalue weighted by Crippen LogP contribution is -2.04. The van der Waals surface area contributed by atoms with Gasteiger partial charge in [-0.3, -0.25) is 0 Å². The summed E-state index contributed by atoms with van der Waals surface area (Å²) in [6.45, 7) is 0.177. The molecule has 0 aliphatic rings. The van der Waals surface area contributed by atoms with E-state index in [1.54, 1.807) is 30.5 Å². The minimum absolute atomic E-state index is 0.177. The van der Waals surface area contributed by atoms with Crippen LogP contribution in [0.25, 0.3) is 0 Å². The molecule has 0 N–H and O–H groups in total. The summed E-state index contributed by atoms with van der Waals surface area (Å²) in [7, 11) is 0. The van der Waals surface area contributed by atoms with Crippen LogP contribution in [-0.4, -0.2) is 11.0 Å². The predicted octanol–water partition coefficient (Wildman–Crippen LogP) is 2.37. The van der Waals surface area contributed by atoms with Gasteiger partial charge in [-0.15, -0.1) is 11.3 Å². The molecule has 2 rings (SSSR count). The highest BCUT2D eigenvalue weighted by Crippen LogP contribution is 2.09. The van der Waals surface area contributed by atoms with Gasteiger partial charge in [-0.2, -0.15) is 5.26 Å². The number of hydrogen-bond donors (Lipinski definition) is 0. The quantitative estimate of drug-likeness (QED) is 0.777. The molecule has 0 atom stereocenters. The lowest BCUT2D eigenvalue weighted by Gasteiger charge is -2.02. The van der Waals surface area contributed by atoms with Crippen LogP contribution >= 0.6 is 11.3 Å². The molecule has 0 bridgehead atoms. The summed E-state index contributed by atoms with van der Waals surface area (Å²) < 4.78 is 5.07. The molecule has 0 spiro atoms. The number of hydrogen-bond acceptors (Lipinski definition) is 5. The lowest BCUT2D eigenvalue weighted by atomic mass is 10.1. The number of aromatic nitrogens is 1. The number of thiazole rings is 1. The van der Waals surface area contributed by atoms with Crippen LogP contribution in [-0.2, 0) is 11.3 Å². The van der Waals surface area contributed by atoms with E-state index in [1.165, 1.54) is 11.3 Å². The highest BCUT2D eigenvalue weighted by Gasteiger charge is 2.07. The van der Waals surface area contributed by atoms with Gasteiger partial charge in [0.05, 0.1) is 17.2 Å². The van der Waals surface area contributed by atoms with Crippen molar-refractivity contribution in [3.63, 3.8) is 0 Å². The average Bonchev–Trinajstić information content (AvgIpc) is 2.89. The van der Waals surface area contributed by atoms with Crippen molar-refractivity contribution < 1.29 is 9.53 Å². The van der Waals surface area contributed by atoms with E-state index in [0.717, 1.165) is 5.01 Å². The normalized spacial score (nSPS) is 9.59. The molecule has 4 nitrogen and oxygen atoms in total. The molecule has 0 fully saturated rings. The molecule has 17 heavy (non-hydrogen) atoms. The fourth-order valence-corrected chi connectivity index (χ4v) is 1.74. The van der Waals surface area contributed by atoms with Crippen molar-refractivity contribution in [2.45, 2.75) is 6.61 Å². The van der Waals surface area contributed by atoms with E-state index in [1.807, 2.05) is 11.4 Å². The van der Waals surface area contributed by atoms with Crippen LogP contribution in [0.5, 0.6) is 0 Å². The number of benzene rings is 1. The number of rotatable bonds is 3. The first kappa shape index (κ1) is 11.3. The zero-order valence-electron chi connectivity index (χ0n) is 8.79. The molecule has 1 aromatic carbocycles. The maximum Gasteiger partial charge on any atom is 0.338 e. The number of esters is 1. The molecule has 0 saturated heterocycles. The van der Waals surface area contributed by atoms with Crippen LogP contribution < -0.4 is 0 Å². The van der Waals surface area contributed by atoms with Gasteiger partial charge in [-0.05, 0) is 24.3 Å². The van der Waals surface area contributed by atoms with E-state index in [9.17, 15) is 4.79 Å². The zero-order valence-corrected chi connectivity index (χ0v) is 9.61. The van der Waals surface area contributed by atoms with Crippen LogP contribution in [0.3, 0.4) is 0 Å². The van der Waals surface area contributed by atoms with Crippen molar-refractivity contribution in [2.24, 2.45) is 0 Å². The molecule has 0 radical (unpaired) electrons. The first-order valence-electron chi connectivity index (χ1n) is 4.85. The van der Waals surface area contributed by atoms with Crippen molar-refractivity contribution >= 4 is 17.3 Å². The van der Waals surface area contributed by atoms with Gasteiger partial charge in [-0.25, -0.2) is 9.78 Å². The minimum Gasteiger partial charge on any atom is -0.455 e. The average molecular weight is 244 g/mol. The van der Waals surface area contributed by atoms with Crippen molar-refractivity contribution in [3.8, 4) is 6.07 Å². The van der Waals surface area contributed by atoms with Gasteiger partial charge in [0.1, 0.15) is 11.6 Å². The van der Waals surface area contributed by atoms with Crippen LogP contribution in [0.15, 0.2) is 35.8 Å². The Hall–Kier alpha value is -2.19. The molecule has 1 heterocycles. The van der Waals surface area contributed by atoms with Gasteiger partial charge in [0.2, 0.25) is 0 Å². The second-order valence-electron chi connectivity index (χ2n) is 3.19. The lowest BCUT2D eigenvalue weighted by molar-refractivity contribution is 0.0472. The SMILES string of the molecule is N#Cc1ccc(C(=O)OCc2nccs2)cc1. The third kappa shape index (κ3) is 2.89. The Kier molecular flexibility index (Phi) is 3.48. The Bertz CT molecular complexity index is 541. The summed E-state index contributed by atoms with van der Waals surface area (Å²) >= 11 is 1.43. The molecule has 0 aliphatic carbocycles. The monoisotopic (exact) mass is 244 g/mol. The zero-order chi connectivity index (χ0) is 12.1.